The third-order valence-corrected chi connectivity index (χ3v) is 4.70. The molecule has 30 heavy (non-hydrogen) atoms. The number of nitrogens with one attached hydrogen (secondary N) is 1. The molecule has 0 bridgehead atoms. The number of benzene rings is 2. The summed E-state index contributed by atoms with van der Waals surface area (Å²) in [6, 6.07) is 21.4. The van der Waals surface area contributed by atoms with Crippen LogP contribution in [0.5, 0.6) is 0 Å². The van der Waals surface area contributed by atoms with E-state index in [9.17, 15) is 4.79 Å². The standard InChI is InChI=1S/C22H20N4O.3ClH/c23-13-19(24)15-6-8-16(9-7-15)21-17(14-4-2-1-3-5-14)12-18-20(26-21)10-11-25-22(18)27;;;/h1-12,19H,13,23-24H2,(H,25,27);3*1H. The Labute approximate surface area is 193 Å². The Morgan fingerprint density at radius 3 is 2.20 bits per heavy atom. The van der Waals surface area contributed by atoms with E-state index < -0.39 is 0 Å². The SMILES string of the molecule is Cl.Cl.Cl.NCC(N)c1ccc(-c2nc3cc[nH]c(=O)c3cc2-c2ccccc2)cc1. The van der Waals surface area contributed by atoms with E-state index in [1.807, 2.05) is 66.7 Å². The molecule has 4 aromatic rings. The van der Waals surface area contributed by atoms with Gasteiger partial charge in [-0.2, -0.15) is 0 Å². The molecule has 0 aliphatic heterocycles. The monoisotopic (exact) mass is 464 g/mol. The Hall–Kier alpha value is -2.41. The minimum Gasteiger partial charge on any atom is -0.329 e. The van der Waals surface area contributed by atoms with Gasteiger partial charge in [-0.3, -0.25) is 4.79 Å². The molecular weight excluding hydrogens is 443 g/mol. The number of nitrogens with two attached hydrogens (primary N) is 2. The predicted molar refractivity (Wildman–Crippen MR) is 131 cm³/mol. The van der Waals surface area contributed by atoms with E-state index in [1.54, 1.807) is 6.20 Å². The van der Waals surface area contributed by atoms with Crippen molar-refractivity contribution in [2.24, 2.45) is 11.5 Å². The van der Waals surface area contributed by atoms with Crippen molar-refractivity contribution in [3.8, 4) is 22.4 Å². The normalized spacial score (nSPS) is 11.0. The minimum absolute atomic E-state index is 0. The highest BCUT2D eigenvalue weighted by Gasteiger charge is 2.13. The molecule has 0 amide bonds. The van der Waals surface area contributed by atoms with Gasteiger partial charge in [-0.05, 0) is 23.3 Å². The summed E-state index contributed by atoms with van der Waals surface area (Å²) >= 11 is 0. The first-order valence-electron chi connectivity index (χ1n) is 8.81. The molecule has 1 unspecified atom stereocenters. The van der Waals surface area contributed by atoms with Crippen LogP contribution < -0.4 is 17.0 Å². The van der Waals surface area contributed by atoms with Gasteiger partial charge in [-0.15, -0.1) is 37.2 Å². The maximum absolute atomic E-state index is 12.2. The fourth-order valence-corrected chi connectivity index (χ4v) is 3.19. The van der Waals surface area contributed by atoms with Crippen LogP contribution in [0, 0.1) is 0 Å². The average molecular weight is 466 g/mol. The number of halogens is 3. The van der Waals surface area contributed by atoms with Gasteiger partial charge in [0.25, 0.3) is 5.56 Å². The number of hydrogen-bond donors (Lipinski definition) is 3. The van der Waals surface area contributed by atoms with Crippen molar-refractivity contribution in [3.05, 3.63) is 88.8 Å². The van der Waals surface area contributed by atoms with Crippen LogP contribution in [0.3, 0.4) is 0 Å². The van der Waals surface area contributed by atoms with E-state index in [0.29, 0.717) is 17.4 Å². The van der Waals surface area contributed by atoms with Gasteiger partial charge in [-0.1, -0.05) is 54.6 Å². The van der Waals surface area contributed by atoms with Crippen molar-refractivity contribution in [3.63, 3.8) is 0 Å². The van der Waals surface area contributed by atoms with Gasteiger partial charge in [0.05, 0.1) is 16.6 Å². The molecule has 2 aromatic heterocycles. The third kappa shape index (κ3) is 5.01. The zero-order valence-electron chi connectivity index (χ0n) is 15.9. The molecule has 4 rings (SSSR count). The molecule has 0 spiro atoms. The van der Waals surface area contributed by atoms with Gasteiger partial charge in [-0.25, -0.2) is 4.98 Å². The number of aromatic amines is 1. The minimum atomic E-state index is -0.184. The van der Waals surface area contributed by atoms with Crippen LogP contribution in [0.2, 0.25) is 0 Å². The Balaban J connectivity index is 0.00000150. The first-order valence-corrected chi connectivity index (χ1v) is 8.81. The molecule has 5 N–H and O–H groups in total. The fourth-order valence-electron chi connectivity index (χ4n) is 3.19. The summed E-state index contributed by atoms with van der Waals surface area (Å²) < 4.78 is 0. The number of pyridine rings is 2. The molecule has 0 saturated heterocycles. The van der Waals surface area contributed by atoms with Gasteiger partial charge in [0, 0.05) is 29.9 Å². The lowest BCUT2D eigenvalue weighted by molar-refractivity contribution is 0.737. The van der Waals surface area contributed by atoms with Gasteiger partial charge in [0.15, 0.2) is 0 Å². The molecular formula is C22H23Cl3N4O. The number of hydrogen-bond acceptors (Lipinski definition) is 4. The van der Waals surface area contributed by atoms with Gasteiger partial charge in [0.2, 0.25) is 0 Å². The van der Waals surface area contributed by atoms with E-state index >= 15 is 0 Å². The Kier molecular flexibility index (Phi) is 9.49. The van der Waals surface area contributed by atoms with E-state index in [1.165, 1.54) is 0 Å². The van der Waals surface area contributed by atoms with Crippen molar-refractivity contribution in [1.29, 1.82) is 0 Å². The van der Waals surface area contributed by atoms with Gasteiger partial charge >= 0.3 is 0 Å². The topological polar surface area (TPSA) is 97.8 Å². The van der Waals surface area contributed by atoms with E-state index in [4.69, 9.17) is 16.5 Å². The number of fused-ring (bicyclic) bond motifs is 1. The molecule has 0 aliphatic carbocycles. The first kappa shape index (κ1) is 25.6. The molecule has 2 aromatic carbocycles. The lowest BCUT2D eigenvalue weighted by Gasteiger charge is -2.13. The lowest BCUT2D eigenvalue weighted by atomic mass is 9.96. The number of aromatic nitrogens is 2. The second-order valence-electron chi connectivity index (χ2n) is 6.45. The zero-order valence-corrected chi connectivity index (χ0v) is 18.4. The molecule has 5 nitrogen and oxygen atoms in total. The second-order valence-corrected chi connectivity index (χ2v) is 6.45. The summed E-state index contributed by atoms with van der Waals surface area (Å²) in [6.07, 6.45) is 1.62. The number of H-pyrrole nitrogens is 1. The van der Waals surface area contributed by atoms with E-state index in [0.717, 1.165) is 27.9 Å². The average Bonchev–Trinajstić information content (AvgIpc) is 2.73. The molecule has 2 heterocycles. The Morgan fingerprint density at radius 1 is 0.900 bits per heavy atom. The summed E-state index contributed by atoms with van der Waals surface area (Å²) in [5, 5.41) is 0.571. The zero-order chi connectivity index (χ0) is 18.8. The highest BCUT2D eigenvalue weighted by atomic mass is 35.5. The number of nitrogens with zero attached hydrogens (tertiary/aromatic N) is 1. The largest absolute Gasteiger partial charge is 0.329 e. The number of rotatable bonds is 4. The molecule has 0 radical (unpaired) electrons. The summed E-state index contributed by atoms with van der Waals surface area (Å²) in [5.41, 5.74) is 16.9. The van der Waals surface area contributed by atoms with Crippen molar-refractivity contribution in [2.45, 2.75) is 6.04 Å². The van der Waals surface area contributed by atoms with Crippen molar-refractivity contribution in [2.75, 3.05) is 6.54 Å². The van der Waals surface area contributed by atoms with Gasteiger partial charge < -0.3 is 16.5 Å². The van der Waals surface area contributed by atoms with Crippen LogP contribution in [-0.2, 0) is 0 Å². The summed E-state index contributed by atoms with van der Waals surface area (Å²) in [6.45, 7) is 0.394. The van der Waals surface area contributed by atoms with Crippen LogP contribution in [-0.4, -0.2) is 16.5 Å². The van der Waals surface area contributed by atoms with Gasteiger partial charge in [0.1, 0.15) is 0 Å². The molecule has 158 valence electrons. The van der Waals surface area contributed by atoms with Crippen molar-refractivity contribution >= 4 is 48.1 Å². The molecule has 0 saturated carbocycles. The van der Waals surface area contributed by atoms with Crippen LogP contribution >= 0.6 is 37.2 Å². The maximum atomic E-state index is 12.2. The van der Waals surface area contributed by atoms with E-state index in [2.05, 4.69) is 4.98 Å². The molecule has 1 atom stereocenters. The van der Waals surface area contributed by atoms with Crippen molar-refractivity contribution in [1.82, 2.24) is 9.97 Å². The molecule has 0 fully saturated rings. The fraction of sp³-hybridized carbons (Fsp3) is 0.0909. The third-order valence-electron chi connectivity index (χ3n) is 4.70. The second kappa shape index (κ2) is 11.1. The van der Waals surface area contributed by atoms with Crippen LogP contribution in [0.25, 0.3) is 33.3 Å². The highest BCUT2D eigenvalue weighted by Crippen LogP contribution is 2.32. The predicted octanol–water partition coefficient (Wildman–Crippen LogP) is 4.48. The summed E-state index contributed by atoms with van der Waals surface area (Å²) in [5.74, 6) is 0. The first-order chi connectivity index (χ1) is 13.2. The quantitative estimate of drug-likeness (QED) is 0.414. The molecule has 8 heteroatoms. The van der Waals surface area contributed by atoms with Crippen molar-refractivity contribution < 1.29 is 0 Å². The maximum Gasteiger partial charge on any atom is 0.257 e. The van der Waals surface area contributed by atoms with E-state index in [-0.39, 0.29) is 48.8 Å². The summed E-state index contributed by atoms with van der Waals surface area (Å²) in [7, 11) is 0. The Morgan fingerprint density at radius 2 is 1.57 bits per heavy atom. The van der Waals surface area contributed by atoms with Crippen LogP contribution in [0.4, 0.5) is 0 Å². The van der Waals surface area contributed by atoms with Crippen LogP contribution in [0.15, 0.2) is 77.7 Å². The smallest absolute Gasteiger partial charge is 0.257 e. The Bertz CT molecular complexity index is 1150. The van der Waals surface area contributed by atoms with Crippen LogP contribution in [0.1, 0.15) is 11.6 Å². The lowest BCUT2D eigenvalue weighted by Crippen LogP contribution is -2.20. The highest BCUT2D eigenvalue weighted by molar-refractivity contribution is 5.91. The summed E-state index contributed by atoms with van der Waals surface area (Å²) in [4.78, 5) is 19.8. The molecule has 0 aliphatic rings.